The molecular formula is C18H14N4O2. The Morgan fingerprint density at radius 2 is 1.96 bits per heavy atom. The smallest absolute Gasteiger partial charge is 0.280 e. The summed E-state index contributed by atoms with van der Waals surface area (Å²) < 4.78 is 1.43. The molecule has 0 spiro atoms. The summed E-state index contributed by atoms with van der Waals surface area (Å²) in [5.41, 5.74) is 1.86. The van der Waals surface area contributed by atoms with Crippen molar-refractivity contribution < 1.29 is 5.11 Å². The monoisotopic (exact) mass is 318 g/mol. The molecule has 2 N–H and O–H groups in total. The molecule has 0 bridgehead atoms. The third-order valence-electron chi connectivity index (χ3n) is 3.57. The molecule has 0 saturated carbocycles. The number of rotatable bonds is 3. The number of phenols is 1. The fourth-order valence-corrected chi connectivity index (χ4v) is 2.34. The highest BCUT2D eigenvalue weighted by molar-refractivity contribution is 5.86. The van der Waals surface area contributed by atoms with Gasteiger partial charge in [0, 0.05) is 11.9 Å². The zero-order chi connectivity index (χ0) is 17.1. The van der Waals surface area contributed by atoms with Crippen LogP contribution in [0.4, 0.5) is 11.4 Å². The maximum atomic E-state index is 12.6. The van der Waals surface area contributed by atoms with E-state index < -0.39 is 0 Å². The molecule has 0 atom stereocenters. The van der Waals surface area contributed by atoms with Crippen molar-refractivity contribution in [3.05, 3.63) is 81.6 Å². The first kappa shape index (κ1) is 15.3. The minimum atomic E-state index is -0.248. The maximum Gasteiger partial charge on any atom is 0.280 e. The number of hydrogen-bond acceptors (Lipinski definition) is 3. The van der Waals surface area contributed by atoms with Crippen molar-refractivity contribution >= 4 is 17.6 Å². The van der Waals surface area contributed by atoms with Crippen LogP contribution in [0.5, 0.6) is 5.75 Å². The molecule has 118 valence electrons. The lowest BCUT2D eigenvalue weighted by Gasteiger charge is -2.00. The third-order valence-corrected chi connectivity index (χ3v) is 3.57. The number of nitrogens with one attached hydrogen (secondary N) is 1. The summed E-state index contributed by atoms with van der Waals surface area (Å²) in [6.07, 6.45) is 1.37. The molecule has 2 aromatic carbocycles. The Kier molecular flexibility index (Phi) is 4.00. The van der Waals surface area contributed by atoms with Crippen LogP contribution in [-0.4, -0.2) is 21.1 Å². The highest BCUT2D eigenvalue weighted by Gasteiger charge is 2.11. The van der Waals surface area contributed by atoms with Crippen LogP contribution in [0.15, 0.2) is 58.3 Å². The van der Waals surface area contributed by atoms with Gasteiger partial charge in [-0.1, -0.05) is 30.3 Å². The number of aromatic amines is 1. The van der Waals surface area contributed by atoms with Gasteiger partial charge in [-0.3, -0.25) is 14.9 Å². The van der Waals surface area contributed by atoms with Crippen LogP contribution in [0.3, 0.4) is 0 Å². The van der Waals surface area contributed by atoms with E-state index in [2.05, 4.69) is 14.9 Å². The zero-order valence-electron chi connectivity index (χ0n) is 12.9. The van der Waals surface area contributed by atoms with Gasteiger partial charge in [-0.15, -0.1) is 0 Å². The van der Waals surface area contributed by atoms with Crippen molar-refractivity contribution in [3.8, 4) is 11.4 Å². The molecule has 0 aliphatic carbocycles. The summed E-state index contributed by atoms with van der Waals surface area (Å²) in [5, 5.41) is 12.9. The van der Waals surface area contributed by atoms with E-state index in [1.54, 1.807) is 19.1 Å². The van der Waals surface area contributed by atoms with Gasteiger partial charge in [0.2, 0.25) is 5.69 Å². The molecule has 0 amide bonds. The normalized spacial score (nSPS) is 10.8. The first-order chi connectivity index (χ1) is 11.6. The predicted molar refractivity (Wildman–Crippen MR) is 92.7 cm³/mol. The zero-order valence-corrected chi connectivity index (χ0v) is 12.9. The average molecular weight is 318 g/mol. The Morgan fingerprint density at radius 1 is 1.21 bits per heavy atom. The van der Waals surface area contributed by atoms with Crippen LogP contribution < -0.4 is 5.56 Å². The number of aliphatic imine (C=N–C) groups is 1. The van der Waals surface area contributed by atoms with E-state index in [0.717, 1.165) is 5.69 Å². The lowest BCUT2D eigenvalue weighted by atomic mass is 10.2. The Hall–Kier alpha value is -3.59. The number of nitrogens with zero attached hydrogens (tertiary/aromatic N) is 3. The number of aromatic hydroxyl groups is 1. The van der Waals surface area contributed by atoms with E-state index in [4.69, 9.17) is 6.57 Å². The summed E-state index contributed by atoms with van der Waals surface area (Å²) in [5.74, 6) is -0.101. The van der Waals surface area contributed by atoms with Gasteiger partial charge in [0.25, 0.3) is 5.56 Å². The van der Waals surface area contributed by atoms with Crippen LogP contribution in [0.25, 0.3) is 10.5 Å². The second-order valence-corrected chi connectivity index (χ2v) is 5.14. The summed E-state index contributed by atoms with van der Waals surface area (Å²) in [7, 11) is 0. The van der Waals surface area contributed by atoms with Gasteiger partial charge in [0.15, 0.2) is 0 Å². The molecule has 24 heavy (non-hydrogen) atoms. The molecule has 6 heteroatoms. The molecule has 1 aromatic heterocycles. The number of benzene rings is 2. The Morgan fingerprint density at radius 3 is 2.67 bits per heavy atom. The number of aryl methyl sites for hydroxylation is 1. The molecule has 0 saturated heterocycles. The van der Waals surface area contributed by atoms with E-state index in [0.29, 0.717) is 11.3 Å². The molecule has 3 aromatic rings. The SMILES string of the molecule is [C-]#[N+]c1cccc(O)c1N=Cc1c(C)[nH]n(-c2ccccc2)c1=O. The summed E-state index contributed by atoms with van der Waals surface area (Å²) in [6, 6.07) is 13.8. The lowest BCUT2D eigenvalue weighted by molar-refractivity contribution is 0.477. The van der Waals surface area contributed by atoms with Crippen molar-refractivity contribution in [2.24, 2.45) is 4.99 Å². The van der Waals surface area contributed by atoms with Gasteiger partial charge in [-0.05, 0) is 25.1 Å². The lowest BCUT2D eigenvalue weighted by Crippen LogP contribution is -2.17. The van der Waals surface area contributed by atoms with Crippen molar-refractivity contribution in [2.75, 3.05) is 0 Å². The maximum absolute atomic E-state index is 12.6. The van der Waals surface area contributed by atoms with E-state index in [-0.39, 0.29) is 22.7 Å². The molecular weight excluding hydrogens is 304 g/mol. The number of hydrogen-bond donors (Lipinski definition) is 2. The average Bonchev–Trinajstić information content (AvgIpc) is 2.89. The Balaban J connectivity index is 2.06. The first-order valence-electron chi connectivity index (χ1n) is 7.22. The number of aromatic nitrogens is 2. The molecule has 3 rings (SSSR count). The minimum Gasteiger partial charge on any atom is -0.507 e. The van der Waals surface area contributed by atoms with Crippen LogP contribution in [0.1, 0.15) is 11.3 Å². The topological polar surface area (TPSA) is 74.7 Å². The molecule has 0 radical (unpaired) electrons. The second-order valence-electron chi connectivity index (χ2n) is 5.14. The highest BCUT2D eigenvalue weighted by Crippen LogP contribution is 2.36. The number of phenolic OH excluding ortho intramolecular Hbond substituents is 1. The van der Waals surface area contributed by atoms with Gasteiger partial charge in [0.1, 0.15) is 11.4 Å². The highest BCUT2D eigenvalue weighted by atomic mass is 16.3. The molecule has 1 heterocycles. The van der Waals surface area contributed by atoms with Gasteiger partial charge >= 0.3 is 0 Å². The summed E-state index contributed by atoms with van der Waals surface area (Å²) in [4.78, 5) is 20.0. The molecule has 0 fully saturated rings. The summed E-state index contributed by atoms with van der Waals surface area (Å²) >= 11 is 0. The second kappa shape index (κ2) is 6.26. The fourth-order valence-electron chi connectivity index (χ4n) is 2.34. The van der Waals surface area contributed by atoms with Crippen molar-refractivity contribution in [1.82, 2.24) is 9.78 Å². The van der Waals surface area contributed by atoms with Crippen LogP contribution in [-0.2, 0) is 0 Å². The standard InChI is InChI=1S/C18H14N4O2/c1-12-14(11-20-17-15(19-2)9-6-10-16(17)23)18(24)22(21-12)13-7-4-3-5-8-13/h3-11,21,23H,1H3. The van der Waals surface area contributed by atoms with Gasteiger partial charge in [0.05, 0.1) is 17.8 Å². The van der Waals surface area contributed by atoms with Crippen molar-refractivity contribution in [1.29, 1.82) is 0 Å². The minimum absolute atomic E-state index is 0.101. The van der Waals surface area contributed by atoms with Crippen molar-refractivity contribution in [2.45, 2.75) is 6.92 Å². The Bertz CT molecular complexity index is 1010. The molecule has 0 aliphatic heterocycles. The summed E-state index contributed by atoms with van der Waals surface area (Å²) in [6.45, 7) is 8.90. The molecule has 0 unspecified atom stereocenters. The van der Waals surface area contributed by atoms with Crippen LogP contribution in [0, 0.1) is 13.5 Å². The number of para-hydroxylation sites is 2. The van der Waals surface area contributed by atoms with Crippen LogP contribution >= 0.6 is 0 Å². The Labute approximate surface area is 138 Å². The van der Waals surface area contributed by atoms with E-state index in [9.17, 15) is 9.90 Å². The third kappa shape index (κ3) is 2.71. The van der Waals surface area contributed by atoms with E-state index in [1.807, 2.05) is 30.3 Å². The first-order valence-corrected chi connectivity index (χ1v) is 7.22. The molecule has 6 nitrogen and oxygen atoms in total. The van der Waals surface area contributed by atoms with E-state index in [1.165, 1.54) is 17.0 Å². The van der Waals surface area contributed by atoms with Gasteiger partial charge in [-0.2, -0.15) is 0 Å². The fraction of sp³-hybridized carbons (Fsp3) is 0.0556. The quantitative estimate of drug-likeness (QED) is 0.573. The molecule has 0 aliphatic rings. The van der Waals surface area contributed by atoms with Gasteiger partial charge < -0.3 is 5.11 Å². The van der Waals surface area contributed by atoms with Crippen molar-refractivity contribution in [3.63, 3.8) is 0 Å². The number of H-pyrrole nitrogens is 1. The largest absolute Gasteiger partial charge is 0.507 e. The predicted octanol–water partition coefficient (Wildman–Crippen LogP) is 3.48. The van der Waals surface area contributed by atoms with Crippen LogP contribution in [0.2, 0.25) is 0 Å². The van der Waals surface area contributed by atoms with E-state index >= 15 is 0 Å². The van der Waals surface area contributed by atoms with Gasteiger partial charge in [-0.25, -0.2) is 9.53 Å².